The average Bonchev–Trinajstić information content (AvgIpc) is 2.41. The molecule has 0 atom stereocenters. The number of rotatable bonds is 6. The molecule has 0 saturated heterocycles. The molecule has 0 bridgehead atoms. The summed E-state index contributed by atoms with van der Waals surface area (Å²) >= 11 is 0. The van der Waals surface area contributed by atoms with E-state index >= 15 is 0 Å². The SMILES string of the molecule is NS(=O)(=O)CCCNc1ccnc2c([N+](=O)[O-])cccc12. The highest BCUT2D eigenvalue weighted by molar-refractivity contribution is 7.89. The second-order valence-electron chi connectivity index (χ2n) is 4.44. The molecule has 0 fully saturated rings. The third-order valence-electron chi connectivity index (χ3n) is 2.87. The van der Waals surface area contributed by atoms with Crippen LogP contribution in [-0.2, 0) is 10.0 Å². The van der Waals surface area contributed by atoms with E-state index in [1.54, 1.807) is 18.2 Å². The normalized spacial score (nSPS) is 11.5. The van der Waals surface area contributed by atoms with Crippen LogP contribution >= 0.6 is 0 Å². The molecule has 0 saturated carbocycles. The zero-order valence-corrected chi connectivity index (χ0v) is 11.8. The highest BCUT2D eigenvalue weighted by Crippen LogP contribution is 2.28. The predicted octanol–water partition coefficient (Wildman–Crippen LogP) is 1.23. The molecule has 1 aromatic carbocycles. The molecule has 21 heavy (non-hydrogen) atoms. The van der Waals surface area contributed by atoms with Gasteiger partial charge in [-0.3, -0.25) is 10.1 Å². The van der Waals surface area contributed by atoms with Crippen LogP contribution < -0.4 is 10.5 Å². The number of fused-ring (bicyclic) bond motifs is 1. The Morgan fingerprint density at radius 1 is 1.33 bits per heavy atom. The molecule has 0 aliphatic carbocycles. The van der Waals surface area contributed by atoms with Crippen molar-refractivity contribution in [3.8, 4) is 0 Å². The maximum Gasteiger partial charge on any atom is 0.295 e. The third kappa shape index (κ3) is 3.86. The quantitative estimate of drug-likeness (QED) is 0.469. The largest absolute Gasteiger partial charge is 0.384 e. The summed E-state index contributed by atoms with van der Waals surface area (Å²) in [5, 5.41) is 19.5. The van der Waals surface area contributed by atoms with E-state index in [1.807, 2.05) is 0 Å². The zero-order valence-electron chi connectivity index (χ0n) is 11.0. The van der Waals surface area contributed by atoms with Crippen molar-refractivity contribution in [2.75, 3.05) is 17.6 Å². The molecule has 0 aliphatic rings. The lowest BCUT2D eigenvalue weighted by Crippen LogP contribution is -2.18. The molecule has 2 rings (SSSR count). The minimum atomic E-state index is -3.48. The Bertz CT molecular complexity index is 776. The Balaban J connectivity index is 2.21. The summed E-state index contributed by atoms with van der Waals surface area (Å²) in [6, 6.07) is 6.37. The molecule has 0 spiro atoms. The molecule has 0 amide bonds. The number of benzene rings is 1. The highest BCUT2D eigenvalue weighted by Gasteiger charge is 2.14. The topological polar surface area (TPSA) is 128 Å². The van der Waals surface area contributed by atoms with Gasteiger partial charge in [-0.15, -0.1) is 0 Å². The first kappa shape index (κ1) is 15.1. The first-order valence-electron chi connectivity index (χ1n) is 6.15. The molecule has 1 heterocycles. The number of nitrogens with zero attached hydrogens (tertiary/aromatic N) is 2. The Labute approximate surface area is 121 Å². The fraction of sp³-hybridized carbons (Fsp3) is 0.250. The van der Waals surface area contributed by atoms with Gasteiger partial charge in [0.05, 0.1) is 10.7 Å². The van der Waals surface area contributed by atoms with Crippen molar-refractivity contribution in [2.24, 2.45) is 5.14 Å². The monoisotopic (exact) mass is 310 g/mol. The van der Waals surface area contributed by atoms with Crippen LogP contribution in [0.25, 0.3) is 10.9 Å². The molecular formula is C12H14N4O4S. The molecule has 112 valence electrons. The Morgan fingerprint density at radius 3 is 2.76 bits per heavy atom. The Morgan fingerprint density at radius 2 is 2.10 bits per heavy atom. The van der Waals surface area contributed by atoms with E-state index in [0.29, 0.717) is 29.6 Å². The summed E-state index contributed by atoms with van der Waals surface area (Å²) in [5.41, 5.74) is 0.887. The number of nitro groups is 1. The summed E-state index contributed by atoms with van der Waals surface area (Å²) in [7, 11) is -3.48. The fourth-order valence-corrected chi connectivity index (χ4v) is 2.51. The van der Waals surface area contributed by atoms with Gasteiger partial charge in [0.15, 0.2) is 0 Å². The minimum Gasteiger partial charge on any atom is -0.384 e. The lowest BCUT2D eigenvalue weighted by Gasteiger charge is -2.09. The smallest absolute Gasteiger partial charge is 0.295 e. The summed E-state index contributed by atoms with van der Waals surface area (Å²) in [4.78, 5) is 14.5. The van der Waals surface area contributed by atoms with Crippen LogP contribution in [-0.4, -0.2) is 30.6 Å². The predicted molar refractivity (Wildman–Crippen MR) is 79.5 cm³/mol. The van der Waals surface area contributed by atoms with Gasteiger partial charge in [0, 0.05) is 29.9 Å². The lowest BCUT2D eigenvalue weighted by atomic mass is 10.1. The molecule has 3 N–H and O–H groups in total. The van der Waals surface area contributed by atoms with E-state index in [1.165, 1.54) is 12.3 Å². The summed E-state index contributed by atoms with van der Waals surface area (Å²) in [6.45, 7) is 0.387. The van der Waals surface area contributed by atoms with Crippen LogP contribution in [0.2, 0.25) is 0 Å². The van der Waals surface area contributed by atoms with Gasteiger partial charge in [-0.2, -0.15) is 0 Å². The highest BCUT2D eigenvalue weighted by atomic mass is 32.2. The average molecular weight is 310 g/mol. The number of hydrogen-bond donors (Lipinski definition) is 2. The van der Waals surface area contributed by atoms with E-state index in [-0.39, 0.29) is 11.4 Å². The third-order valence-corrected chi connectivity index (χ3v) is 3.73. The maximum atomic E-state index is 11.0. The van der Waals surface area contributed by atoms with Crippen LogP contribution in [0.15, 0.2) is 30.5 Å². The molecule has 0 radical (unpaired) electrons. The summed E-state index contributed by atoms with van der Waals surface area (Å²) in [5.74, 6) is -0.122. The number of pyridine rings is 1. The maximum absolute atomic E-state index is 11.0. The lowest BCUT2D eigenvalue weighted by molar-refractivity contribution is -0.383. The van der Waals surface area contributed by atoms with Gasteiger partial charge in [-0.05, 0) is 12.5 Å². The summed E-state index contributed by atoms with van der Waals surface area (Å²) < 4.78 is 21.7. The van der Waals surface area contributed by atoms with Gasteiger partial charge in [0.1, 0.15) is 5.52 Å². The standard InChI is InChI=1S/C12H14N4O4S/c13-21(19,20)8-2-6-14-10-5-7-15-12-9(10)3-1-4-11(12)16(17)18/h1,3-5,7H,2,6,8H2,(H,14,15)(H2,13,19,20). The molecule has 0 unspecified atom stereocenters. The first-order valence-corrected chi connectivity index (χ1v) is 7.86. The number of nitro benzene ring substituents is 1. The van der Waals surface area contributed by atoms with Gasteiger partial charge < -0.3 is 5.32 Å². The van der Waals surface area contributed by atoms with E-state index in [2.05, 4.69) is 10.3 Å². The number of nitrogens with two attached hydrogens (primary N) is 1. The number of nitrogens with one attached hydrogen (secondary N) is 1. The van der Waals surface area contributed by atoms with Crippen molar-refractivity contribution in [1.82, 2.24) is 4.98 Å². The fourth-order valence-electron chi connectivity index (χ4n) is 1.96. The second-order valence-corrected chi connectivity index (χ2v) is 6.17. The zero-order chi connectivity index (χ0) is 15.5. The minimum absolute atomic E-state index is 0.0688. The van der Waals surface area contributed by atoms with Gasteiger partial charge in [-0.1, -0.05) is 12.1 Å². The van der Waals surface area contributed by atoms with Gasteiger partial charge in [-0.25, -0.2) is 18.5 Å². The van der Waals surface area contributed by atoms with E-state index in [4.69, 9.17) is 5.14 Å². The van der Waals surface area contributed by atoms with Crippen molar-refractivity contribution in [1.29, 1.82) is 0 Å². The molecule has 9 heteroatoms. The molecule has 1 aromatic heterocycles. The summed E-state index contributed by atoms with van der Waals surface area (Å²) in [6.07, 6.45) is 1.81. The van der Waals surface area contributed by atoms with Crippen molar-refractivity contribution in [3.63, 3.8) is 0 Å². The van der Waals surface area contributed by atoms with Crippen LogP contribution in [0.4, 0.5) is 11.4 Å². The Hall–Kier alpha value is -2.26. The van der Waals surface area contributed by atoms with Crippen LogP contribution in [0, 0.1) is 10.1 Å². The molecule has 0 aliphatic heterocycles. The van der Waals surface area contributed by atoms with Crippen molar-refractivity contribution in [2.45, 2.75) is 6.42 Å². The number of hydrogen-bond acceptors (Lipinski definition) is 6. The number of sulfonamides is 1. The molecule has 8 nitrogen and oxygen atoms in total. The number of primary sulfonamides is 1. The number of anilines is 1. The van der Waals surface area contributed by atoms with Crippen molar-refractivity contribution < 1.29 is 13.3 Å². The second kappa shape index (κ2) is 6.02. The van der Waals surface area contributed by atoms with Crippen LogP contribution in [0.3, 0.4) is 0 Å². The first-order chi connectivity index (χ1) is 9.88. The van der Waals surface area contributed by atoms with E-state index < -0.39 is 14.9 Å². The molecular weight excluding hydrogens is 296 g/mol. The van der Waals surface area contributed by atoms with Gasteiger partial charge in [0.25, 0.3) is 5.69 Å². The number of para-hydroxylation sites is 1. The van der Waals surface area contributed by atoms with Crippen LogP contribution in [0.5, 0.6) is 0 Å². The van der Waals surface area contributed by atoms with Gasteiger partial charge in [0.2, 0.25) is 10.0 Å². The van der Waals surface area contributed by atoms with E-state index in [9.17, 15) is 18.5 Å². The van der Waals surface area contributed by atoms with E-state index in [0.717, 1.165) is 0 Å². The van der Waals surface area contributed by atoms with Crippen molar-refractivity contribution in [3.05, 3.63) is 40.6 Å². The number of aromatic nitrogens is 1. The van der Waals surface area contributed by atoms with Gasteiger partial charge >= 0.3 is 0 Å². The Kier molecular flexibility index (Phi) is 4.34. The van der Waals surface area contributed by atoms with Crippen LogP contribution in [0.1, 0.15) is 6.42 Å². The number of non-ortho nitro benzene ring substituents is 1. The van der Waals surface area contributed by atoms with Crippen molar-refractivity contribution >= 4 is 32.3 Å². The molecule has 2 aromatic rings.